The fraction of sp³-hybridized carbons (Fsp3) is 0.286. The molecule has 0 aromatic carbocycles. The van der Waals surface area contributed by atoms with Crippen LogP contribution in [0.25, 0.3) is 0 Å². The third-order valence-corrected chi connectivity index (χ3v) is 3.26. The summed E-state index contributed by atoms with van der Waals surface area (Å²) in [6.07, 6.45) is 4.39. The number of hydrogen-bond donors (Lipinski definition) is 1. The molecule has 1 unspecified atom stereocenters. The topological polar surface area (TPSA) is 46.0 Å². The summed E-state index contributed by atoms with van der Waals surface area (Å²) < 4.78 is 0.906. The minimum atomic E-state index is -0.613. The lowest BCUT2D eigenvalue weighted by Gasteiger charge is -2.09. The molecule has 94 valence electrons. The van der Waals surface area contributed by atoms with E-state index < -0.39 is 6.10 Å². The highest BCUT2D eigenvalue weighted by atomic mass is 79.9. The van der Waals surface area contributed by atoms with Gasteiger partial charge in [0.15, 0.2) is 0 Å². The third-order valence-electron chi connectivity index (χ3n) is 2.79. The molecule has 4 heteroatoms. The summed E-state index contributed by atoms with van der Waals surface area (Å²) in [6.45, 7) is 2.09. The van der Waals surface area contributed by atoms with Gasteiger partial charge in [-0.2, -0.15) is 0 Å². The Bertz CT molecular complexity index is 496. The van der Waals surface area contributed by atoms with E-state index in [2.05, 4.69) is 32.8 Å². The maximum atomic E-state index is 10.1. The van der Waals surface area contributed by atoms with Gasteiger partial charge in [0, 0.05) is 29.0 Å². The van der Waals surface area contributed by atoms with Crippen molar-refractivity contribution in [1.82, 2.24) is 9.97 Å². The number of aryl methyl sites for hydroxylation is 1. The number of pyridine rings is 2. The Hall–Kier alpha value is -1.26. The van der Waals surface area contributed by atoms with Crippen molar-refractivity contribution < 1.29 is 5.11 Å². The van der Waals surface area contributed by atoms with Gasteiger partial charge in [0.1, 0.15) is 6.10 Å². The maximum Gasteiger partial charge on any atom is 0.101 e. The second-order valence-corrected chi connectivity index (χ2v) is 5.05. The molecular formula is C14H15BrN2O. The van der Waals surface area contributed by atoms with E-state index in [1.165, 1.54) is 5.56 Å². The summed E-state index contributed by atoms with van der Waals surface area (Å²) in [5.74, 6) is 0. The SMILES string of the molecule is CCc1ccc(CC(O)c2ccc(Br)cn2)nc1. The van der Waals surface area contributed by atoms with Crippen LogP contribution in [-0.2, 0) is 12.8 Å². The van der Waals surface area contributed by atoms with Crippen molar-refractivity contribution in [2.75, 3.05) is 0 Å². The Morgan fingerprint density at radius 2 is 2.00 bits per heavy atom. The van der Waals surface area contributed by atoms with Gasteiger partial charge >= 0.3 is 0 Å². The Morgan fingerprint density at radius 1 is 1.17 bits per heavy atom. The van der Waals surface area contributed by atoms with Gasteiger partial charge in [-0.1, -0.05) is 13.0 Å². The molecule has 0 radical (unpaired) electrons. The van der Waals surface area contributed by atoms with Crippen LogP contribution in [-0.4, -0.2) is 15.1 Å². The first-order valence-electron chi connectivity index (χ1n) is 5.92. The Morgan fingerprint density at radius 3 is 2.56 bits per heavy atom. The molecule has 0 bridgehead atoms. The van der Waals surface area contributed by atoms with Crippen LogP contribution in [0, 0.1) is 0 Å². The second-order valence-electron chi connectivity index (χ2n) is 4.13. The highest BCUT2D eigenvalue weighted by molar-refractivity contribution is 9.10. The van der Waals surface area contributed by atoms with E-state index in [0.29, 0.717) is 12.1 Å². The smallest absolute Gasteiger partial charge is 0.101 e. The number of halogens is 1. The molecule has 2 heterocycles. The maximum absolute atomic E-state index is 10.1. The van der Waals surface area contributed by atoms with Crippen molar-refractivity contribution in [3.63, 3.8) is 0 Å². The summed E-state index contributed by atoms with van der Waals surface area (Å²) >= 11 is 3.32. The Balaban J connectivity index is 2.05. The van der Waals surface area contributed by atoms with E-state index in [1.807, 2.05) is 30.5 Å². The van der Waals surface area contributed by atoms with Crippen LogP contribution in [0.1, 0.15) is 30.0 Å². The zero-order valence-electron chi connectivity index (χ0n) is 10.2. The molecule has 0 saturated heterocycles. The molecule has 2 rings (SSSR count). The summed E-state index contributed by atoms with van der Waals surface area (Å²) in [7, 11) is 0. The van der Waals surface area contributed by atoms with Crippen LogP contribution in [0.3, 0.4) is 0 Å². The predicted molar refractivity (Wildman–Crippen MR) is 74.2 cm³/mol. The zero-order valence-corrected chi connectivity index (χ0v) is 11.8. The Labute approximate surface area is 115 Å². The molecule has 0 fully saturated rings. The van der Waals surface area contributed by atoms with Crippen LogP contribution < -0.4 is 0 Å². The monoisotopic (exact) mass is 306 g/mol. The van der Waals surface area contributed by atoms with Crippen molar-refractivity contribution in [2.24, 2.45) is 0 Å². The fourth-order valence-electron chi connectivity index (χ4n) is 1.67. The summed E-state index contributed by atoms with van der Waals surface area (Å²) in [6, 6.07) is 7.69. The van der Waals surface area contributed by atoms with Crippen molar-refractivity contribution in [1.29, 1.82) is 0 Å². The summed E-state index contributed by atoms with van der Waals surface area (Å²) in [5.41, 5.74) is 2.75. The molecule has 0 spiro atoms. The largest absolute Gasteiger partial charge is 0.386 e. The molecule has 3 nitrogen and oxygen atoms in total. The van der Waals surface area contributed by atoms with Crippen LogP contribution >= 0.6 is 15.9 Å². The van der Waals surface area contributed by atoms with Crippen LogP contribution in [0.5, 0.6) is 0 Å². The summed E-state index contributed by atoms with van der Waals surface area (Å²) in [5, 5.41) is 10.1. The van der Waals surface area contributed by atoms with Gasteiger partial charge in [0.05, 0.1) is 5.69 Å². The molecule has 2 aromatic heterocycles. The van der Waals surface area contributed by atoms with E-state index in [0.717, 1.165) is 16.6 Å². The standard InChI is InChI=1S/C14H15BrN2O/c1-2-10-3-5-12(16-8-10)7-14(18)13-6-4-11(15)9-17-13/h3-6,8-9,14,18H,2,7H2,1H3. The minimum absolute atomic E-state index is 0.485. The zero-order chi connectivity index (χ0) is 13.0. The number of rotatable bonds is 4. The molecule has 18 heavy (non-hydrogen) atoms. The van der Waals surface area contributed by atoms with Gasteiger partial charge in [0.25, 0.3) is 0 Å². The highest BCUT2D eigenvalue weighted by Crippen LogP contribution is 2.17. The van der Waals surface area contributed by atoms with Crippen molar-refractivity contribution in [3.05, 3.63) is 58.1 Å². The van der Waals surface area contributed by atoms with Gasteiger partial charge in [-0.15, -0.1) is 0 Å². The van der Waals surface area contributed by atoms with E-state index in [-0.39, 0.29) is 0 Å². The predicted octanol–water partition coefficient (Wildman–Crippen LogP) is 3.08. The second kappa shape index (κ2) is 6.07. The number of aliphatic hydroxyl groups is 1. The van der Waals surface area contributed by atoms with E-state index in [4.69, 9.17) is 0 Å². The molecule has 1 N–H and O–H groups in total. The first-order chi connectivity index (χ1) is 8.69. The minimum Gasteiger partial charge on any atom is -0.386 e. The van der Waals surface area contributed by atoms with Gasteiger partial charge in [0.2, 0.25) is 0 Å². The average molecular weight is 307 g/mol. The van der Waals surface area contributed by atoms with Gasteiger partial charge in [-0.05, 0) is 46.1 Å². The number of aromatic nitrogens is 2. The average Bonchev–Trinajstić information content (AvgIpc) is 2.40. The summed E-state index contributed by atoms with van der Waals surface area (Å²) in [4.78, 5) is 8.52. The van der Waals surface area contributed by atoms with Crippen molar-refractivity contribution in [3.8, 4) is 0 Å². The molecule has 0 aliphatic heterocycles. The number of nitrogens with zero attached hydrogens (tertiary/aromatic N) is 2. The van der Waals surface area contributed by atoms with E-state index in [9.17, 15) is 5.11 Å². The van der Waals surface area contributed by atoms with Crippen LogP contribution in [0.4, 0.5) is 0 Å². The molecule has 0 aliphatic rings. The molecule has 2 aromatic rings. The van der Waals surface area contributed by atoms with Crippen LogP contribution in [0.2, 0.25) is 0 Å². The highest BCUT2D eigenvalue weighted by Gasteiger charge is 2.10. The number of hydrogen-bond acceptors (Lipinski definition) is 3. The lowest BCUT2D eigenvalue weighted by Crippen LogP contribution is -2.05. The third kappa shape index (κ3) is 3.37. The van der Waals surface area contributed by atoms with E-state index in [1.54, 1.807) is 6.20 Å². The lowest BCUT2D eigenvalue weighted by atomic mass is 10.1. The quantitative estimate of drug-likeness (QED) is 0.944. The van der Waals surface area contributed by atoms with Gasteiger partial charge in [-0.25, -0.2) is 0 Å². The van der Waals surface area contributed by atoms with Gasteiger partial charge in [-0.3, -0.25) is 9.97 Å². The lowest BCUT2D eigenvalue weighted by molar-refractivity contribution is 0.172. The van der Waals surface area contributed by atoms with Crippen LogP contribution in [0.15, 0.2) is 41.1 Å². The molecule has 0 aliphatic carbocycles. The molecule has 0 amide bonds. The molecular weight excluding hydrogens is 292 g/mol. The van der Waals surface area contributed by atoms with Gasteiger partial charge < -0.3 is 5.11 Å². The van der Waals surface area contributed by atoms with Crippen molar-refractivity contribution in [2.45, 2.75) is 25.9 Å². The number of aliphatic hydroxyl groups excluding tert-OH is 1. The first kappa shape index (κ1) is 13.2. The fourth-order valence-corrected chi connectivity index (χ4v) is 1.91. The first-order valence-corrected chi connectivity index (χ1v) is 6.71. The molecule has 0 saturated carbocycles. The Kier molecular flexibility index (Phi) is 4.44. The van der Waals surface area contributed by atoms with Crippen molar-refractivity contribution >= 4 is 15.9 Å². The normalized spacial score (nSPS) is 12.4. The van der Waals surface area contributed by atoms with E-state index >= 15 is 0 Å². The molecule has 1 atom stereocenters.